The molecule has 6 heteroatoms. The number of hydrogen-bond acceptors (Lipinski definition) is 3. The highest BCUT2D eigenvalue weighted by Gasteiger charge is 2.24. The molecule has 0 aliphatic carbocycles. The van der Waals surface area contributed by atoms with E-state index in [1.807, 2.05) is 9.80 Å². The van der Waals surface area contributed by atoms with Crippen molar-refractivity contribution in [3.63, 3.8) is 0 Å². The maximum atomic E-state index is 12.9. The molecule has 0 bridgehead atoms. The Labute approximate surface area is 148 Å². The highest BCUT2D eigenvalue weighted by Crippen LogP contribution is 2.11. The van der Waals surface area contributed by atoms with Gasteiger partial charge in [-0.1, -0.05) is 12.1 Å². The van der Waals surface area contributed by atoms with E-state index in [-0.39, 0.29) is 17.6 Å². The lowest BCUT2D eigenvalue weighted by Gasteiger charge is -2.36. The highest BCUT2D eigenvalue weighted by atomic mass is 19.1. The van der Waals surface area contributed by atoms with E-state index < -0.39 is 0 Å². The molecule has 25 heavy (non-hydrogen) atoms. The molecule has 0 spiro atoms. The number of carbonyl (C=O) groups is 2. The van der Waals surface area contributed by atoms with Gasteiger partial charge in [-0.15, -0.1) is 0 Å². The highest BCUT2D eigenvalue weighted by molar-refractivity contribution is 5.79. The zero-order chi connectivity index (χ0) is 17.6. The predicted molar refractivity (Wildman–Crippen MR) is 93.6 cm³/mol. The molecule has 0 saturated carbocycles. The van der Waals surface area contributed by atoms with E-state index in [0.717, 1.165) is 44.6 Å². The summed E-state index contributed by atoms with van der Waals surface area (Å²) in [5, 5.41) is 0. The number of halogens is 1. The number of piperidine rings is 1. The Morgan fingerprint density at radius 1 is 0.800 bits per heavy atom. The van der Waals surface area contributed by atoms with E-state index in [1.54, 1.807) is 12.1 Å². The van der Waals surface area contributed by atoms with Crippen molar-refractivity contribution >= 4 is 11.8 Å². The van der Waals surface area contributed by atoms with Crippen molar-refractivity contribution < 1.29 is 14.0 Å². The molecular weight excluding hydrogens is 321 g/mol. The molecule has 0 N–H and O–H groups in total. The lowest BCUT2D eigenvalue weighted by molar-refractivity contribution is -0.135. The van der Waals surface area contributed by atoms with Crippen molar-refractivity contribution in [2.24, 2.45) is 0 Å². The molecule has 2 saturated heterocycles. The van der Waals surface area contributed by atoms with Crippen molar-refractivity contribution in [2.45, 2.75) is 25.7 Å². The van der Waals surface area contributed by atoms with Crippen LogP contribution in [0.25, 0.3) is 0 Å². The van der Waals surface area contributed by atoms with E-state index in [1.165, 1.54) is 18.6 Å². The van der Waals surface area contributed by atoms with Gasteiger partial charge in [0.05, 0.1) is 13.0 Å². The number of hydrogen-bond donors (Lipinski definition) is 0. The number of rotatable bonds is 4. The molecule has 0 radical (unpaired) electrons. The first kappa shape index (κ1) is 17.9. The maximum Gasteiger partial charge on any atom is 0.236 e. The Kier molecular flexibility index (Phi) is 6.02. The van der Waals surface area contributed by atoms with Crippen molar-refractivity contribution in [1.29, 1.82) is 0 Å². The molecule has 3 rings (SSSR count). The minimum Gasteiger partial charge on any atom is -0.342 e. The van der Waals surface area contributed by atoms with E-state index in [4.69, 9.17) is 0 Å². The third kappa shape index (κ3) is 5.01. The molecule has 0 atom stereocenters. The zero-order valence-corrected chi connectivity index (χ0v) is 14.6. The van der Waals surface area contributed by atoms with Crippen LogP contribution in [0.1, 0.15) is 24.8 Å². The Balaban J connectivity index is 1.42. The molecule has 1 aromatic rings. The van der Waals surface area contributed by atoms with Crippen molar-refractivity contribution in [1.82, 2.24) is 14.7 Å². The molecule has 136 valence electrons. The van der Waals surface area contributed by atoms with Gasteiger partial charge in [0, 0.05) is 39.3 Å². The first-order valence-electron chi connectivity index (χ1n) is 9.14. The predicted octanol–water partition coefficient (Wildman–Crippen LogP) is 1.52. The lowest BCUT2D eigenvalue weighted by Crippen LogP contribution is -2.52. The summed E-state index contributed by atoms with van der Waals surface area (Å²) in [7, 11) is 0. The van der Waals surface area contributed by atoms with Crippen LogP contribution in [0.4, 0.5) is 4.39 Å². The first-order valence-corrected chi connectivity index (χ1v) is 9.14. The molecule has 2 aliphatic rings. The van der Waals surface area contributed by atoms with Gasteiger partial charge in [0.25, 0.3) is 0 Å². The molecule has 1 aromatic carbocycles. The number of piperazine rings is 1. The summed E-state index contributed by atoms with van der Waals surface area (Å²) in [5.74, 6) is -0.0115. The number of nitrogens with zero attached hydrogens (tertiary/aromatic N) is 3. The van der Waals surface area contributed by atoms with Crippen molar-refractivity contribution in [3.05, 3.63) is 35.6 Å². The molecule has 2 heterocycles. The second-order valence-corrected chi connectivity index (χ2v) is 6.90. The van der Waals surface area contributed by atoms with E-state index in [9.17, 15) is 14.0 Å². The Bertz CT molecular complexity index is 591. The molecule has 2 aliphatic heterocycles. The molecular formula is C19H26FN3O2. The topological polar surface area (TPSA) is 43.9 Å². The van der Waals surface area contributed by atoms with Gasteiger partial charge in [-0.2, -0.15) is 0 Å². The van der Waals surface area contributed by atoms with Crippen LogP contribution < -0.4 is 0 Å². The van der Waals surface area contributed by atoms with Gasteiger partial charge < -0.3 is 9.80 Å². The number of benzene rings is 1. The van der Waals surface area contributed by atoms with Gasteiger partial charge >= 0.3 is 0 Å². The second kappa shape index (κ2) is 8.43. The van der Waals surface area contributed by atoms with Crippen LogP contribution in [0.15, 0.2) is 24.3 Å². The fourth-order valence-electron chi connectivity index (χ4n) is 3.48. The average Bonchev–Trinajstić information content (AvgIpc) is 2.65. The Morgan fingerprint density at radius 3 is 2.04 bits per heavy atom. The molecule has 0 unspecified atom stereocenters. The normalized spacial score (nSPS) is 19.1. The van der Waals surface area contributed by atoms with Gasteiger partial charge in [0.2, 0.25) is 11.8 Å². The van der Waals surface area contributed by atoms with E-state index in [2.05, 4.69) is 4.90 Å². The molecule has 5 nitrogen and oxygen atoms in total. The van der Waals surface area contributed by atoms with E-state index >= 15 is 0 Å². The third-order valence-corrected chi connectivity index (χ3v) is 5.06. The summed E-state index contributed by atoms with van der Waals surface area (Å²) in [6.45, 7) is 4.98. The van der Waals surface area contributed by atoms with Gasteiger partial charge in [-0.3, -0.25) is 14.5 Å². The lowest BCUT2D eigenvalue weighted by atomic mass is 10.1. The maximum absolute atomic E-state index is 12.9. The largest absolute Gasteiger partial charge is 0.342 e. The van der Waals surface area contributed by atoms with Gasteiger partial charge in [-0.05, 0) is 37.0 Å². The smallest absolute Gasteiger partial charge is 0.236 e. The van der Waals surface area contributed by atoms with Crippen molar-refractivity contribution in [3.8, 4) is 0 Å². The molecule has 2 amide bonds. The summed E-state index contributed by atoms with van der Waals surface area (Å²) in [4.78, 5) is 30.6. The summed E-state index contributed by atoms with van der Waals surface area (Å²) in [6, 6.07) is 6.07. The zero-order valence-electron chi connectivity index (χ0n) is 14.6. The standard InChI is InChI=1S/C19H26FN3O2/c20-17-6-4-16(5-7-17)14-18(24)23-12-10-21(11-13-23)15-19(25)22-8-2-1-3-9-22/h4-7H,1-3,8-15H2. The summed E-state index contributed by atoms with van der Waals surface area (Å²) in [5.41, 5.74) is 0.828. The average molecular weight is 347 g/mol. The van der Waals surface area contributed by atoms with Gasteiger partial charge in [0.15, 0.2) is 0 Å². The van der Waals surface area contributed by atoms with Gasteiger partial charge in [-0.25, -0.2) is 4.39 Å². The van der Waals surface area contributed by atoms with Crippen LogP contribution in [-0.2, 0) is 16.0 Å². The third-order valence-electron chi connectivity index (χ3n) is 5.06. The monoisotopic (exact) mass is 347 g/mol. The van der Waals surface area contributed by atoms with Crippen molar-refractivity contribution in [2.75, 3.05) is 45.8 Å². The molecule has 2 fully saturated rings. The first-order chi connectivity index (χ1) is 12.1. The summed E-state index contributed by atoms with van der Waals surface area (Å²) < 4.78 is 12.9. The fraction of sp³-hybridized carbons (Fsp3) is 0.579. The van der Waals surface area contributed by atoms with Crippen LogP contribution in [0.5, 0.6) is 0 Å². The van der Waals surface area contributed by atoms with Crippen LogP contribution in [0, 0.1) is 5.82 Å². The fourth-order valence-corrected chi connectivity index (χ4v) is 3.48. The molecule has 0 aromatic heterocycles. The van der Waals surface area contributed by atoms with Crippen LogP contribution in [-0.4, -0.2) is 72.3 Å². The summed E-state index contributed by atoms with van der Waals surface area (Å²) >= 11 is 0. The number of amides is 2. The summed E-state index contributed by atoms with van der Waals surface area (Å²) in [6.07, 6.45) is 3.74. The number of likely N-dealkylation sites (tertiary alicyclic amines) is 1. The van der Waals surface area contributed by atoms with Crippen LogP contribution >= 0.6 is 0 Å². The van der Waals surface area contributed by atoms with Crippen LogP contribution in [0.3, 0.4) is 0 Å². The van der Waals surface area contributed by atoms with E-state index in [0.29, 0.717) is 26.1 Å². The number of carbonyl (C=O) groups excluding carboxylic acids is 2. The Hall–Kier alpha value is -1.95. The van der Waals surface area contributed by atoms with Crippen LogP contribution in [0.2, 0.25) is 0 Å². The quantitative estimate of drug-likeness (QED) is 0.830. The minimum atomic E-state index is -0.289. The van der Waals surface area contributed by atoms with Gasteiger partial charge in [0.1, 0.15) is 5.82 Å². The second-order valence-electron chi connectivity index (χ2n) is 6.90. The SMILES string of the molecule is O=C(Cc1ccc(F)cc1)N1CCN(CC(=O)N2CCCCC2)CC1. The Morgan fingerprint density at radius 2 is 1.40 bits per heavy atom. The minimum absolute atomic E-state index is 0.0635.